The van der Waals surface area contributed by atoms with E-state index in [1.807, 2.05) is 0 Å². The Morgan fingerprint density at radius 1 is 0.867 bits per heavy atom. The molecule has 2 rings (SSSR count). The van der Waals surface area contributed by atoms with E-state index in [4.69, 9.17) is 14.2 Å². The minimum Gasteiger partial charge on any atom is -0.380 e. The Labute approximate surface area is 185 Å². The van der Waals surface area contributed by atoms with Crippen molar-refractivity contribution in [1.29, 1.82) is 0 Å². The summed E-state index contributed by atoms with van der Waals surface area (Å²) in [7, 11) is 0. The summed E-state index contributed by atoms with van der Waals surface area (Å²) >= 11 is 0. The molecule has 0 bridgehead atoms. The highest BCUT2D eigenvalue weighted by Crippen LogP contribution is 2.46. The van der Waals surface area contributed by atoms with E-state index >= 15 is 0 Å². The maximum absolute atomic E-state index is 6.68. The molecule has 1 saturated heterocycles. The molecule has 1 aromatic carbocycles. The van der Waals surface area contributed by atoms with Gasteiger partial charge >= 0.3 is 0 Å². The Morgan fingerprint density at radius 3 is 2.00 bits per heavy atom. The van der Waals surface area contributed by atoms with Crippen LogP contribution in [0.5, 0.6) is 0 Å². The predicted molar refractivity (Wildman–Crippen MR) is 126 cm³/mol. The summed E-state index contributed by atoms with van der Waals surface area (Å²) in [6, 6.07) is 10.7. The first-order valence-electron chi connectivity index (χ1n) is 12.5. The van der Waals surface area contributed by atoms with Gasteiger partial charge in [-0.3, -0.25) is 0 Å². The molecule has 1 unspecified atom stereocenters. The van der Waals surface area contributed by atoms with E-state index in [9.17, 15) is 0 Å². The second-order valence-electron chi connectivity index (χ2n) is 9.49. The molecule has 1 fully saturated rings. The smallest absolute Gasteiger partial charge is 0.197 e. The second kappa shape index (κ2) is 13.5. The van der Waals surface area contributed by atoms with Crippen LogP contribution in [0.1, 0.15) is 97.5 Å². The van der Waals surface area contributed by atoms with Crippen LogP contribution in [0.3, 0.4) is 0 Å². The molecule has 1 aromatic rings. The maximum atomic E-state index is 6.68. The largest absolute Gasteiger partial charge is 0.380 e. The predicted octanol–water partition coefficient (Wildman–Crippen LogP) is 7.49. The monoisotopic (exact) mass is 418 g/mol. The first-order valence-corrected chi connectivity index (χ1v) is 12.5. The number of ether oxygens (including phenoxy) is 3. The average Bonchev–Trinajstić information content (AvgIpc) is 2.75. The van der Waals surface area contributed by atoms with Gasteiger partial charge in [0.25, 0.3) is 0 Å². The number of hydrogen-bond donors (Lipinski definition) is 0. The summed E-state index contributed by atoms with van der Waals surface area (Å²) in [6.07, 6.45) is 12.1. The molecule has 1 aliphatic heterocycles. The molecule has 3 heteroatoms. The molecule has 172 valence electrons. The highest BCUT2D eigenvalue weighted by molar-refractivity contribution is 5.22. The van der Waals surface area contributed by atoms with Gasteiger partial charge in [-0.1, -0.05) is 96.6 Å². The normalized spacial score (nSPS) is 16.9. The highest BCUT2D eigenvalue weighted by Gasteiger charge is 2.47. The lowest BCUT2D eigenvalue weighted by molar-refractivity contribution is -0.289. The van der Waals surface area contributed by atoms with Crippen molar-refractivity contribution in [1.82, 2.24) is 0 Å². The van der Waals surface area contributed by atoms with Crippen molar-refractivity contribution >= 4 is 0 Å². The molecule has 0 N–H and O–H groups in total. The van der Waals surface area contributed by atoms with Crippen LogP contribution in [-0.2, 0) is 20.0 Å². The van der Waals surface area contributed by atoms with Gasteiger partial charge in [-0.25, -0.2) is 0 Å². The van der Waals surface area contributed by atoms with Gasteiger partial charge in [-0.2, -0.15) is 0 Å². The van der Waals surface area contributed by atoms with Crippen LogP contribution in [0.25, 0.3) is 0 Å². The maximum Gasteiger partial charge on any atom is 0.197 e. The molecule has 3 nitrogen and oxygen atoms in total. The Bertz CT molecular complexity index is 544. The Hall–Kier alpha value is -0.900. The van der Waals surface area contributed by atoms with E-state index in [1.165, 1.54) is 44.1 Å². The van der Waals surface area contributed by atoms with Crippen LogP contribution in [0, 0.1) is 11.3 Å². The van der Waals surface area contributed by atoms with E-state index in [1.54, 1.807) is 0 Å². The van der Waals surface area contributed by atoms with Crippen molar-refractivity contribution in [3.8, 4) is 0 Å². The molecule has 0 saturated carbocycles. The van der Waals surface area contributed by atoms with Crippen molar-refractivity contribution in [3.63, 3.8) is 0 Å². The zero-order valence-electron chi connectivity index (χ0n) is 20.1. The minimum atomic E-state index is -0.657. The highest BCUT2D eigenvalue weighted by atomic mass is 16.7. The summed E-state index contributed by atoms with van der Waals surface area (Å²) in [5.74, 6) is -0.326. The molecule has 30 heavy (non-hydrogen) atoms. The molecule has 0 spiro atoms. The van der Waals surface area contributed by atoms with Crippen LogP contribution in [-0.4, -0.2) is 26.4 Å². The Kier molecular flexibility index (Phi) is 11.4. The van der Waals surface area contributed by atoms with Crippen LogP contribution in [0.15, 0.2) is 30.3 Å². The van der Waals surface area contributed by atoms with Crippen molar-refractivity contribution in [2.75, 3.05) is 26.4 Å². The standard InChI is InChI=1S/C27H46O3/c1-5-8-9-10-11-13-18-25(21-26(4)22-28-23-26)27(29-19-6-2,30-20-7-3)24-16-14-12-15-17-24/h12,14-17,25H,5-11,13,18-23H2,1-4H3. The molecule has 0 aromatic heterocycles. The van der Waals surface area contributed by atoms with E-state index in [0.717, 1.165) is 52.1 Å². The van der Waals surface area contributed by atoms with Gasteiger partial charge in [0, 0.05) is 16.9 Å². The van der Waals surface area contributed by atoms with Crippen LogP contribution in [0.4, 0.5) is 0 Å². The fourth-order valence-electron chi connectivity index (χ4n) is 4.62. The summed E-state index contributed by atoms with van der Waals surface area (Å²) in [5, 5.41) is 0. The van der Waals surface area contributed by atoms with Gasteiger partial charge in [0.1, 0.15) is 0 Å². The Balaban J connectivity index is 2.26. The van der Waals surface area contributed by atoms with Crippen molar-refractivity contribution in [3.05, 3.63) is 35.9 Å². The minimum absolute atomic E-state index is 0.234. The average molecular weight is 419 g/mol. The molecule has 0 amide bonds. The number of hydrogen-bond acceptors (Lipinski definition) is 3. The zero-order chi connectivity index (χ0) is 21.7. The third-order valence-electron chi connectivity index (χ3n) is 6.30. The van der Waals surface area contributed by atoms with Crippen molar-refractivity contribution in [2.24, 2.45) is 11.3 Å². The third-order valence-corrected chi connectivity index (χ3v) is 6.30. The fraction of sp³-hybridized carbons (Fsp3) is 0.778. The zero-order valence-corrected chi connectivity index (χ0v) is 20.1. The summed E-state index contributed by atoms with van der Waals surface area (Å²) in [4.78, 5) is 0. The van der Waals surface area contributed by atoms with E-state index in [0.29, 0.717) is 5.92 Å². The van der Waals surface area contributed by atoms with E-state index in [-0.39, 0.29) is 5.41 Å². The molecule has 1 aliphatic rings. The topological polar surface area (TPSA) is 27.7 Å². The van der Waals surface area contributed by atoms with Gasteiger partial charge in [0.2, 0.25) is 0 Å². The second-order valence-corrected chi connectivity index (χ2v) is 9.49. The lowest BCUT2D eigenvalue weighted by Gasteiger charge is -2.47. The first kappa shape index (κ1) is 25.4. The number of rotatable bonds is 17. The van der Waals surface area contributed by atoms with Gasteiger partial charge in [0.15, 0.2) is 5.79 Å². The summed E-state index contributed by atoms with van der Waals surface area (Å²) < 4.78 is 19.0. The first-order chi connectivity index (χ1) is 14.6. The molecule has 0 radical (unpaired) electrons. The molecular weight excluding hydrogens is 372 g/mol. The quantitative estimate of drug-likeness (QED) is 0.194. The lowest BCUT2D eigenvalue weighted by Crippen LogP contribution is -2.48. The van der Waals surface area contributed by atoms with Gasteiger partial charge in [-0.05, 0) is 25.7 Å². The van der Waals surface area contributed by atoms with Crippen LogP contribution >= 0.6 is 0 Å². The van der Waals surface area contributed by atoms with Crippen LogP contribution in [0.2, 0.25) is 0 Å². The molecular formula is C27H46O3. The van der Waals surface area contributed by atoms with Crippen LogP contribution < -0.4 is 0 Å². The van der Waals surface area contributed by atoms with Gasteiger partial charge in [-0.15, -0.1) is 0 Å². The SMILES string of the molecule is CCCCCCCCC(CC1(C)COC1)C(OCCC)(OCCC)c1ccccc1. The van der Waals surface area contributed by atoms with E-state index in [2.05, 4.69) is 58.0 Å². The van der Waals surface area contributed by atoms with E-state index < -0.39 is 5.79 Å². The molecule has 1 heterocycles. The van der Waals surface area contributed by atoms with Crippen molar-refractivity contribution in [2.45, 2.75) is 97.7 Å². The summed E-state index contributed by atoms with van der Waals surface area (Å²) in [6.45, 7) is 12.1. The molecule has 0 aliphatic carbocycles. The lowest BCUT2D eigenvalue weighted by atomic mass is 9.73. The van der Waals surface area contributed by atoms with Gasteiger partial charge in [0.05, 0.1) is 26.4 Å². The number of benzene rings is 1. The number of unbranched alkanes of at least 4 members (excludes halogenated alkanes) is 5. The van der Waals surface area contributed by atoms with Gasteiger partial charge < -0.3 is 14.2 Å². The fourth-order valence-corrected chi connectivity index (χ4v) is 4.62. The Morgan fingerprint density at radius 2 is 1.47 bits per heavy atom. The molecule has 1 atom stereocenters. The van der Waals surface area contributed by atoms with Crippen molar-refractivity contribution < 1.29 is 14.2 Å². The summed E-state index contributed by atoms with van der Waals surface area (Å²) in [5.41, 5.74) is 1.41. The third kappa shape index (κ3) is 7.35.